The molecule has 0 saturated heterocycles. The second-order valence-electron chi connectivity index (χ2n) is 9.64. The molecule has 0 spiro atoms. The lowest BCUT2D eigenvalue weighted by Gasteiger charge is -2.26. The number of esters is 1. The lowest BCUT2D eigenvalue weighted by atomic mass is 9.95. The Balaban J connectivity index is 1.58. The third-order valence-corrected chi connectivity index (χ3v) is 9.38. The summed E-state index contributed by atoms with van der Waals surface area (Å²) in [6.07, 6.45) is 1.79. The highest BCUT2D eigenvalue weighted by molar-refractivity contribution is 9.10. The van der Waals surface area contributed by atoms with Gasteiger partial charge in [-0.1, -0.05) is 57.1 Å². The molecule has 4 aromatic rings. The van der Waals surface area contributed by atoms with Crippen LogP contribution in [-0.2, 0) is 16.1 Å². The van der Waals surface area contributed by atoms with Crippen LogP contribution in [0, 0.1) is 0 Å². The van der Waals surface area contributed by atoms with Gasteiger partial charge in [0.2, 0.25) is 0 Å². The van der Waals surface area contributed by atoms with Crippen LogP contribution in [0.25, 0.3) is 6.08 Å². The van der Waals surface area contributed by atoms with E-state index in [-0.39, 0.29) is 17.7 Å². The van der Waals surface area contributed by atoms with E-state index in [1.165, 1.54) is 30.1 Å². The van der Waals surface area contributed by atoms with Gasteiger partial charge < -0.3 is 18.9 Å². The van der Waals surface area contributed by atoms with Gasteiger partial charge >= 0.3 is 5.97 Å². The number of aromatic nitrogens is 1. The third-order valence-electron chi connectivity index (χ3n) is 6.85. The summed E-state index contributed by atoms with van der Waals surface area (Å²) in [4.78, 5) is 32.4. The summed E-state index contributed by atoms with van der Waals surface area (Å²) >= 11 is 14.5. The van der Waals surface area contributed by atoms with E-state index in [1.54, 1.807) is 32.1 Å². The molecule has 5 rings (SSSR count). The number of methoxy groups -OCH3 is 2. The maximum atomic E-state index is 14.1. The van der Waals surface area contributed by atoms with Crippen molar-refractivity contribution in [3.05, 3.63) is 116 Å². The van der Waals surface area contributed by atoms with Crippen LogP contribution < -0.4 is 29.1 Å². The van der Waals surface area contributed by atoms with Crippen molar-refractivity contribution in [3.8, 4) is 17.2 Å². The number of hydrogen-bond donors (Lipinski definition) is 0. The number of thiazole rings is 1. The van der Waals surface area contributed by atoms with Crippen molar-refractivity contribution in [2.75, 3.05) is 20.8 Å². The van der Waals surface area contributed by atoms with Crippen LogP contribution in [0.2, 0.25) is 5.02 Å². The maximum absolute atomic E-state index is 14.1. The zero-order valence-corrected chi connectivity index (χ0v) is 28.9. The molecule has 0 fully saturated rings. The largest absolute Gasteiger partial charge is 0.493 e. The van der Waals surface area contributed by atoms with Crippen LogP contribution in [0.5, 0.6) is 17.2 Å². The molecule has 8 nitrogen and oxygen atoms in total. The van der Waals surface area contributed by atoms with Gasteiger partial charge in [-0.2, -0.15) is 0 Å². The Morgan fingerprint density at radius 1 is 1.05 bits per heavy atom. The van der Waals surface area contributed by atoms with E-state index < -0.39 is 12.0 Å². The van der Waals surface area contributed by atoms with Crippen molar-refractivity contribution in [1.82, 2.24) is 4.57 Å². The van der Waals surface area contributed by atoms with Crippen LogP contribution in [0.3, 0.4) is 0 Å². The average Bonchev–Trinajstić information content (AvgIpc) is 3.29. The zero-order chi connectivity index (χ0) is 31.5. The molecule has 12 heteroatoms. The molecule has 228 valence electrons. The fourth-order valence-electron chi connectivity index (χ4n) is 4.83. The minimum absolute atomic E-state index is 0.174. The molecular formula is C32H27Br2ClN2O6S. The summed E-state index contributed by atoms with van der Waals surface area (Å²) in [5.41, 5.74) is 2.78. The number of ether oxygens (including phenoxy) is 4. The lowest BCUT2D eigenvalue weighted by molar-refractivity contribution is -0.139. The Morgan fingerprint density at radius 3 is 2.48 bits per heavy atom. The van der Waals surface area contributed by atoms with Crippen LogP contribution in [0.1, 0.15) is 36.6 Å². The van der Waals surface area contributed by atoms with Crippen LogP contribution in [0.15, 0.2) is 84.6 Å². The predicted octanol–water partition coefficient (Wildman–Crippen LogP) is 6.57. The standard InChI is InChI=1S/C32H27Br2ClN2O6S/c1-5-42-31(39)28-17(2)36-32-37(29(28)21-14-25(40-3)26(41-4)15-22(21)33)30(38)27(44-32)13-18-9-10-24(23(34)12-18)43-16-19-7-6-8-20(35)11-19/h6-15,29H,5,16H2,1-4H3/b27-13-/t29-/m0/s1. The van der Waals surface area contributed by atoms with Gasteiger partial charge in [-0.15, -0.1) is 0 Å². The van der Waals surface area contributed by atoms with Crippen LogP contribution >= 0.6 is 54.8 Å². The second kappa shape index (κ2) is 13.7. The number of rotatable bonds is 9. The fourth-order valence-corrected chi connectivity index (χ4v) is 7.14. The second-order valence-corrected chi connectivity index (χ2v) is 12.8. The summed E-state index contributed by atoms with van der Waals surface area (Å²) in [5, 5.41) is 0.646. The Kier molecular flexibility index (Phi) is 9.99. The van der Waals surface area contributed by atoms with Gasteiger partial charge in [0.1, 0.15) is 12.4 Å². The van der Waals surface area contributed by atoms with Crippen LogP contribution in [-0.4, -0.2) is 31.4 Å². The molecule has 1 aromatic heterocycles. The first-order chi connectivity index (χ1) is 21.1. The van der Waals surface area contributed by atoms with Crippen molar-refractivity contribution < 1.29 is 23.7 Å². The number of fused-ring (bicyclic) bond motifs is 1. The van der Waals surface area contributed by atoms with E-state index in [0.29, 0.717) is 53.9 Å². The minimum Gasteiger partial charge on any atom is -0.493 e. The number of nitrogens with zero attached hydrogens (tertiary/aromatic N) is 2. The number of allylic oxidation sites excluding steroid dienone is 1. The van der Waals surface area contributed by atoms with Crippen molar-refractivity contribution in [2.45, 2.75) is 26.5 Å². The molecular weight excluding hydrogens is 736 g/mol. The number of carbonyl (C=O) groups excluding carboxylic acids is 1. The summed E-state index contributed by atoms with van der Waals surface area (Å²) in [7, 11) is 3.07. The molecule has 0 radical (unpaired) electrons. The van der Waals surface area contributed by atoms with Crippen molar-refractivity contribution in [1.29, 1.82) is 0 Å². The Labute approximate surface area is 279 Å². The van der Waals surface area contributed by atoms with Gasteiger partial charge in [0.15, 0.2) is 16.3 Å². The minimum atomic E-state index is -0.823. The number of halogens is 3. The summed E-state index contributed by atoms with van der Waals surface area (Å²) in [6, 6.07) is 15.7. The quantitative estimate of drug-likeness (QED) is 0.179. The molecule has 0 unspecified atom stereocenters. The van der Waals surface area contributed by atoms with Gasteiger partial charge in [-0.25, -0.2) is 9.79 Å². The van der Waals surface area contributed by atoms with Gasteiger partial charge in [-0.3, -0.25) is 9.36 Å². The van der Waals surface area contributed by atoms with Crippen molar-refractivity contribution >= 4 is 66.8 Å². The molecule has 0 aliphatic carbocycles. The molecule has 0 bridgehead atoms. The lowest BCUT2D eigenvalue weighted by Crippen LogP contribution is -2.40. The van der Waals surface area contributed by atoms with Gasteiger partial charge in [0.25, 0.3) is 5.56 Å². The smallest absolute Gasteiger partial charge is 0.338 e. The highest BCUT2D eigenvalue weighted by Gasteiger charge is 2.35. The molecule has 44 heavy (non-hydrogen) atoms. The summed E-state index contributed by atoms with van der Waals surface area (Å²) in [6.45, 7) is 4.00. The van der Waals surface area contributed by atoms with Gasteiger partial charge in [0.05, 0.1) is 47.1 Å². The molecule has 1 aliphatic heterocycles. The molecule has 2 heterocycles. The predicted molar refractivity (Wildman–Crippen MR) is 178 cm³/mol. The molecule has 1 aliphatic rings. The summed E-state index contributed by atoms with van der Waals surface area (Å²) < 4.78 is 25.7. The molecule has 3 aromatic carbocycles. The van der Waals surface area contributed by atoms with Crippen molar-refractivity contribution in [2.24, 2.45) is 4.99 Å². The SMILES string of the molecule is CCOC(=O)C1=C(C)N=c2s/c(=C\c3ccc(OCc4cccc(Cl)c4)c(Br)c3)c(=O)n2[C@H]1c1cc(OC)c(OC)cc1Br. The first-order valence-electron chi connectivity index (χ1n) is 13.4. The fraction of sp³-hybridized carbons (Fsp3) is 0.219. The molecule has 0 amide bonds. The van der Waals surface area contributed by atoms with E-state index in [4.69, 9.17) is 30.5 Å². The van der Waals surface area contributed by atoms with Gasteiger partial charge in [-0.05, 0) is 88.9 Å². The van der Waals surface area contributed by atoms with Gasteiger partial charge in [0, 0.05) is 9.50 Å². The third kappa shape index (κ3) is 6.51. The Bertz CT molecular complexity index is 1970. The number of benzene rings is 3. The number of carbonyl (C=O) groups is 1. The average molecular weight is 763 g/mol. The normalized spacial score (nSPS) is 14.6. The first-order valence-corrected chi connectivity index (χ1v) is 16.2. The van der Waals surface area contributed by atoms with E-state index in [0.717, 1.165) is 15.6 Å². The zero-order valence-electron chi connectivity index (χ0n) is 24.2. The van der Waals surface area contributed by atoms with E-state index >= 15 is 0 Å². The number of hydrogen-bond acceptors (Lipinski definition) is 8. The summed E-state index contributed by atoms with van der Waals surface area (Å²) in [5.74, 6) is 1.05. The van der Waals surface area contributed by atoms with E-state index in [9.17, 15) is 9.59 Å². The Morgan fingerprint density at radius 2 is 1.80 bits per heavy atom. The molecule has 0 N–H and O–H groups in total. The Hall–Kier alpha value is -3.38. The van der Waals surface area contributed by atoms with E-state index in [1.807, 2.05) is 42.5 Å². The first kappa shape index (κ1) is 32.0. The molecule has 0 saturated carbocycles. The monoisotopic (exact) mass is 760 g/mol. The highest BCUT2D eigenvalue weighted by atomic mass is 79.9. The van der Waals surface area contributed by atoms with E-state index in [2.05, 4.69) is 36.9 Å². The molecule has 1 atom stereocenters. The van der Waals surface area contributed by atoms with Crippen LogP contribution in [0.4, 0.5) is 0 Å². The highest BCUT2D eigenvalue weighted by Crippen LogP contribution is 2.40. The topological polar surface area (TPSA) is 88.4 Å². The van der Waals surface area contributed by atoms with Crippen molar-refractivity contribution in [3.63, 3.8) is 0 Å². The maximum Gasteiger partial charge on any atom is 0.338 e.